The van der Waals surface area contributed by atoms with Crippen molar-refractivity contribution < 1.29 is 9.50 Å². The van der Waals surface area contributed by atoms with Crippen LogP contribution in [0.1, 0.15) is 18.1 Å². The van der Waals surface area contributed by atoms with Crippen molar-refractivity contribution in [3.63, 3.8) is 0 Å². The van der Waals surface area contributed by atoms with Crippen LogP contribution in [0.4, 0.5) is 4.39 Å². The van der Waals surface area contributed by atoms with E-state index in [9.17, 15) is 9.50 Å². The van der Waals surface area contributed by atoms with Crippen LogP contribution in [0, 0.1) is 5.82 Å². The summed E-state index contributed by atoms with van der Waals surface area (Å²) >= 11 is 5.88. The monoisotopic (exact) mass is 278 g/mol. The molecule has 0 aliphatic carbocycles. The predicted molar refractivity (Wildman–Crippen MR) is 76.0 cm³/mol. The number of benzene rings is 2. The van der Waals surface area contributed by atoms with Crippen LogP contribution >= 0.6 is 11.6 Å². The summed E-state index contributed by atoms with van der Waals surface area (Å²) in [6.07, 6.45) is 0.644. The maximum atomic E-state index is 12.9. The van der Waals surface area contributed by atoms with Gasteiger partial charge in [0.2, 0.25) is 0 Å². The van der Waals surface area contributed by atoms with Crippen LogP contribution in [0.15, 0.2) is 48.5 Å². The van der Waals surface area contributed by atoms with E-state index in [4.69, 9.17) is 11.6 Å². The second kappa shape index (κ2) is 5.72. The Labute approximate surface area is 117 Å². The predicted octanol–water partition coefficient (Wildman–Crippen LogP) is 3.97. The van der Waals surface area contributed by atoms with Crippen LogP contribution in [0.3, 0.4) is 0 Å². The van der Waals surface area contributed by atoms with Crippen molar-refractivity contribution in [3.05, 3.63) is 70.5 Å². The molecule has 1 N–H and O–H groups in total. The van der Waals surface area contributed by atoms with Crippen molar-refractivity contribution in [3.8, 4) is 0 Å². The molecule has 0 fully saturated rings. The van der Waals surface area contributed by atoms with E-state index in [0.29, 0.717) is 11.4 Å². The summed E-state index contributed by atoms with van der Waals surface area (Å²) in [5, 5.41) is 10.4. The molecule has 0 bridgehead atoms. The van der Waals surface area contributed by atoms with E-state index in [0.717, 1.165) is 11.1 Å². The third kappa shape index (κ3) is 3.34. The quantitative estimate of drug-likeness (QED) is 0.897. The van der Waals surface area contributed by atoms with Gasteiger partial charge in [0.05, 0.1) is 6.61 Å². The van der Waals surface area contributed by atoms with Crippen LogP contribution in [-0.2, 0) is 11.8 Å². The third-order valence-electron chi connectivity index (χ3n) is 3.40. The van der Waals surface area contributed by atoms with E-state index < -0.39 is 5.41 Å². The van der Waals surface area contributed by atoms with Crippen molar-refractivity contribution in [1.82, 2.24) is 0 Å². The molecule has 2 aromatic rings. The molecule has 2 aromatic carbocycles. The van der Waals surface area contributed by atoms with Gasteiger partial charge in [-0.15, -0.1) is 0 Å². The maximum absolute atomic E-state index is 12.9. The summed E-state index contributed by atoms with van der Waals surface area (Å²) in [5.41, 5.74) is 1.61. The molecule has 0 saturated heterocycles. The standard InChI is InChI=1S/C16H16ClFO/c1-16(11-19,13-4-6-14(17)7-5-13)10-12-2-8-15(18)9-3-12/h2-9,19H,10-11H2,1H3. The van der Waals surface area contributed by atoms with Crippen LogP contribution in [0.5, 0.6) is 0 Å². The molecule has 2 rings (SSSR count). The molecule has 0 aromatic heterocycles. The van der Waals surface area contributed by atoms with Gasteiger partial charge >= 0.3 is 0 Å². The fourth-order valence-corrected chi connectivity index (χ4v) is 2.28. The zero-order valence-corrected chi connectivity index (χ0v) is 11.5. The lowest BCUT2D eigenvalue weighted by molar-refractivity contribution is 0.204. The van der Waals surface area contributed by atoms with E-state index in [1.807, 2.05) is 31.2 Å². The number of hydrogen-bond acceptors (Lipinski definition) is 1. The van der Waals surface area contributed by atoms with Gasteiger partial charge in [0, 0.05) is 10.4 Å². The fraction of sp³-hybridized carbons (Fsp3) is 0.250. The minimum atomic E-state index is -0.400. The van der Waals surface area contributed by atoms with Gasteiger partial charge in [0.1, 0.15) is 5.82 Å². The lowest BCUT2D eigenvalue weighted by Gasteiger charge is -2.28. The Kier molecular flexibility index (Phi) is 4.23. The summed E-state index contributed by atoms with van der Waals surface area (Å²) in [7, 11) is 0. The minimum absolute atomic E-state index is 0.0199. The lowest BCUT2D eigenvalue weighted by Crippen LogP contribution is -2.29. The van der Waals surface area contributed by atoms with E-state index >= 15 is 0 Å². The third-order valence-corrected chi connectivity index (χ3v) is 3.65. The van der Waals surface area contributed by atoms with Gasteiger partial charge in [-0.25, -0.2) is 4.39 Å². The first-order chi connectivity index (χ1) is 9.03. The second-order valence-electron chi connectivity index (χ2n) is 5.03. The molecular formula is C16H16ClFO. The van der Waals surface area contributed by atoms with Crippen molar-refractivity contribution in [2.45, 2.75) is 18.8 Å². The maximum Gasteiger partial charge on any atom is 0.123 e. The van der Waals surface area contributed by atoms with Crippen LogP contribution in [0.25, 0.3) is 0 Å². The van der Waals surface area contributed by atoms with Gasteiger partial charge in [-0.3, -0.25) is 0 Å². The molecule has 1 nitrogen and oxygen atoms in total. The second-order valence-corrected chi connectivity index (χ2v) is 5.47. The first-order valence-electron chi connectivity index (χ1n) is 6.15. The van der Waals surface area contributed by atoms with Crippen LogP contribution < -0.4 is 0 Å². The van der Waals surface area contributed by atoms with Crippen LogP contribution in [0.2, 0.25) is 5.02 Å². The van der Waals surface area contributed by atoms with Gasteiger partial charge in [-0.2, -0.15) is 0 Å². The Bertz CT molecular complexity index is 536. The van der Waals surface area contributed by atoms with Gasteiger partial charge in [-0.1, -0.05) is 42.8 Å². The molecule has 0 aliphatic heterocycles. The van der Waals surface area contributed by atoms with Gasteiger partial charge in [0.25, 0.3) is 0 Å². The van der Waals surface area contributed by atoms with Crippen LogP contribution in [-0.4, -0.2) is 11.7 Å². The van der Waals surface area contributed by atoms with E-state index in [1.54, 1.807) is 12.1 Å². The van der Waals surface area contributed by atoms with Gasteiger partial charge in [-0.05, 0) is 41.8 Å². The summed E-state index contributed by atoms with van der Waals surface area (Å²) in [6.45, 7) is 2.01. The highest BCUT2D eigenvalue weighted by molar-refractivity contribution is 6.30. The number of rotatable bonds is 4. The highest BCUT2D eigenvalue weighted by atomic mass is 35.5. The molecule has 0 aliphatic rings. The van der Waals surface area contributed by atoms with E-state index in [-0.39, 0.29) is 12.4 Å². The molecule has 0 saturated carbocycles. The topological polar surface area (TPSA) is 20.2 Å². The molecule has 100 valence electrons. The molecule has 19 heavy (non-hydrogen) atoms. The molecule has 1 atom stereocenters. The Morgan fingerprint density at radius 2 is 1.63 bits per heavy atom. The van der Waals surface area contributed by atoms with Gasteiger partial charge in [0.15, 0.2) is 0 Å². The molecule has 1 unspecified atom stereocenters. The van der Waals surface area contributed by atoms with Gasteiger partial charge < -0.3 is 5.11 Å². The fourth-order valence-electron chi connectivity index (χ4n) is 2.15. The molecular weight excluding hydrogens is 263 g/mol. The van der Waals surface area contributed by atoms with E-state index in [1.165, 1.54) is 12.1 Å². The molecule has 3 heteroatoms. The highest BCUT2D eigenvalue weighted by Crippen LogP contribution is 2.28. The molecule has 0 heterocycles. The average molecular weight is 279 g/mol. The highest BCUT2D eigenvalue weighted by Gasteiger charge is 2.26. The summed E-state index contributed by atoms with van der Waals surface area (Å²) in [4.78, 5) is 0. The Morgan fingerprint density at radius 1 is 1.05 bits per heavy atom. The summed E-state index contributed by atoms with van der Waals surface area (Å²) < 4.78 is 12.9. The Morgan fingerprint density at radius 3 is 2.16 bits per heavy atom. The summed E-state index contributed by atoms with van der Waals surface area (Å²) in [5.74, 6) is -0.249. The SMILES string of the molecule is CC(CO)(Cc1ccc(F)cc1)c1ccc(Cl)cc1. The number of hydrogen-bond donors (Lipinski definition) is 1. The zero-order valence-electron chi connectivity index (χ0n) is 10.7. The summed E-state index contributed by atoms with van der Waals surface area (Å²) in [6, 6.07) is 13.8. The largest absolute Gasteiger partial charge is 0.395 e. The molecule has 0 spiro atoms. The van der Waals surface area contributed by atoms with Crippen molar-refractivity contribution >= 4 is 11.6 Å². The average Bonchev–Trinajstić information content (AvgIpc) is 2.42. The van der Waals surface area contributed by atoms with Crippen molar-refractivity contribution in [2.24, 2.45) is 0 Å². The molecule has 0 amide bonds. The molecule has 0 radical (unpaired) electrons. The normalized spacial score (nSPS) is 14.1. The van der Waals surface area contributed by atoms with Crippen molar-refractivity contribution in [1.29, 1.82) is 0 Å². The van der Waals surface area contributed by atoms with Crippen molar-refractivity contribution in [2.75, 3.05) is 6.61 Å². The Hall–Kier alpha value is -1.38. The first kappa shape index (κ1) is 14.0. The first-order valence-corrected chi connectivity index (χ1v) is 6.53. The number of halogens is 2. The lowest BCUT2D eigenvalue weighted by atomic mass is 9.78. The zero-order chi connectivity index (χ0) is 13.9. The smallest absolute Gasteiger partial charge is 0.123 e. The van der Waals surface area contributed by atoms with E-state index in [2.05, 4.69) is 0 Å². The Balaban J connectivity index is 2.27. The number of aliphatic hydroxyl groups excluding tert-OH is 1. The minimum Gasteiger partial charge on any atom is -0.395 e. The number of aliphatic hydroxyl groups is 1.